The number of rotatable bonds is 3. The van der Waals surface area contributed by atoms with Crippen LogP contribution in [0.15, 0.2) is 35.3 Å². The topological polar surface area (TPSA) is 78.0 Å². The molecule has 0 saturated heterocycles. The van der Waals surface area contributed by atoms with Crippen LogP contribution in [0.1, 0.15) is 28.0 Å². The first-order valence-corrected chi connectivity index (χ1v) is 5.69. The van der Waals surface area contributed by atoms with Gasteiger partial charge in [0.2, 0.25) is 0 Å². The molecule has 2 heterocycles. The van der Waals surface area contributed by atoms with Crippen LogP contribution in [0.25, 0.3) is 5.82 Å². The van der Waals surface area contributed by atoms with E-state index in [2.05, 4.69) is 4.98 Å². The van der Waals surface area contributed by atoms with Gasteiger partial charge >= 0.3 is 0 Å². The van der Waals surface area contributed by atoms with E-state index in [1.54, 1.807) is 12.1 Å². The molecule has 0 radical (unpaired) electrons. The number of carbonyl (C=O) groups is 1. The van der Waals surface area contributed by atoms with Crippen molar-refractivity contribution in [3.63, 3.8) is 0 Å². The van der Waals surface area contributed by atoms with Gasteiger partial charge in [0.15, 0.2) is 0 Å². The standard InChI is InChI=1S/C13H11F2N3O2/c1-7-6-8(11(14)15)10(12(16)19)13(20)18(7)9-4-2-3-5-17-9/h2-6,11H,1H3,(H2,16,19). The molecule has 2 aromatic heterocycles. The zero-order valence-electron chi connectivity index (χ0n) is 10.5. The van der Waals surface area contributed by atoms with Gasteiger partial charge in [0.1, 0.15) is 11.4 Å². The van der Waals surface area contributed by atoms with E-state index < -0.39 is 29.0 Å². The molecular formula is C13H11F2N3O2. The molecule has 2 N–H and O–H groups in total. The molecule has 104 valence electrons. The van der Waals surface area contributed by atoms with Crippen molar-refractivity contribution in [1.29, 1.82) is 0 Å². The molecule has 0 spiro atoms. The summed E-state index contributed by atoms with van der Waals surface area (Å²) in [5, 5.41) is 0. The molecule has 20 heavy (non-hydrogen) atoms. The summed E-state index contributed by atoms with van der Waals surface area (Å²) in [6, 6.07) is 5.88. The molecule has 0 bridgehead atoms. The quantitative estimate of drug-likeness (QED) is 0.926. The van der Waals surface area contributed by atoms with Gasteiger partial charge in [-0.15, -0.1) is 0 Å². The van der Waals surface area contributed by atoms with Crippen LogP contribution in [-0.2, 0) is 0 Å². The molecule has 5 nitrogen and oxygen atoms in total. The lowest BCUT2D eigenvalue weighted by atomic mass is 10.1. The predicted octanol–water partition coefficient (Wildman–Crippen LogP) is 1.58. The molecule has 0 fully saturated rings. The minimum absolute atomic E-state index is 0.235. The Hall–Kier alpha value is -2.57. The molecule has 2 rings (SSSR count). The summed E-state index contributed by atoms with van der Waals surface area (Å²) in [6.45, 7) is 1.48. The van der Waals surface area contributed by atoms with Gasteiger partial charge in [-0.05, 0) is 25.1 Å². The van der Waals surface area contributed by atoms with Gasteiger partial charge in [-0.25, -0.2) is 13.8 Å². The molecule has 0 unspecified atom stereocenters. The summed E-state index contributed by atoms with van der Waals surface area (Å²) in [6.07, 6.45) is -1.51. The van der Waals surface area contributed by atoms with Crippen molar-refractivity contribution in [3.05, 3.63) is 57.6 Å². The van der Waals surface area contributed by atoms with E-state index in [4.69, 9.17) is 5.73 Å². The number of hydrogen-bond donors (Lipinski definition) is 1. The zero-order valence-corrected chi connectivity index (χ0v) is 10.5. The van der Waals surface area contributed by atoms with Crippen LogP contribution in [0.3, 0.4) is 0 Å². The van der Waals surface area contributed by atoms with Crippen molar-refractivity contribution in [2.24, 2.45) is 5.73 Å². The molecule has 0 atom stereocenters. The SMILES string of the molecule is Cc1cc(C(F)F)c(C(N)=O)c(=O)n1-c1ccccn1. The Morgan fingerprint density at radius 1 is 1.40 bits per heavy atom. The minimum Gasteiger partial charge on any atom is -0.365 e. The van der Waals surface area contributed by atoms with Crippen molar-refractivity contribution in [3.8, 4) is 5.82 Å². The van der Waals surface area contributed by atoms with E-state index >= 15 is 0 Å². The molecule has 0 aromatic carbocycles. The summed E-state index contributed by atoms with van der Waals surface area (Å²) in [5.41, 5.74) is 3.02. The van der Waals surface area contributed by atoms with E-state index in [-0.39, 0.29) is 11.5 Å². The lowest BCUT2D eigenvalue weighted by molar-refractivity contribution is 0.0983. The first-order chi connectivity index (χ1) is 9.43. The van der Waals surface area contributed by atoms with Gasteiger partial charge < -0.3 is 5.73 Å². The third kappa shape index (κ3) is 2.29. The van der Waals surface area contributed by atoms with Crippen molar-refractivity contribution in [2.45, 2.75) is 13.3 Å². The summed E-state index contributed by atoms with van der Waals surface area (Å²) >= 11 is 0. The highest BCUT2D eigenvalue weighted by molar-refractivity contribution is 5.94. The van der Waals surface area contributed by atoms with Crippen molar-refractivity contribution in [1.82, 2.24) is 9.55 Å². The highest BCUT2D eigenvalue weighted by Crippen LogP contribution is 2.22. The lowest BCUT2D eigenvalue weighted by Gasteiger charge is -2.13. The molecule has 7 heteroatoms. The smallest absolute Gasteiger partial charge is 0.269 e. The number of pyridine rings is 2. The van der Waals surface area contributed by atoms with Crippen molar-refractivity contribution in [2.75, 3.05) is 0 Å². The number of amides is 1. The van der Waals surface area contributed by atoms with Crippen LogP contribution in [-0.4, -0.2) is 15.5 Å². The Bertz CT molecular complexity index is 712. The maximum Gasteiger partial charge on any atom is 0.269 e. The third-order valence-corrected chi connectivity index (χ3v) is 2.78. The van der Waals surface area contributed by atoms with Crippen LogP contribution in [0.2, 0.25) is 0 Å². The predicted molar refractivity (Wildman–Crippen MR) is 68.0 cm³/mol. The first kappa shape index (κ1) is 13.9. The highest BCUT2D eigenvalue weighted by atomic mass is 19.3. The van der Waals surface area contributed by atoms with E-state index in [9.17, 15) is 18.4 Å². The zero-order chi connectivity index (χ0) is 14.9. The molecular weight excluding hydrogens is 268 g/mol. The van der Waals surface area contributed by atoms with Crippen molar-refractivity contribution >= 4 is 5.91 Å². The Balaban J connectivity index is 2.83. The molecule has 0 saturated carbocycles. The van der Waals surface area contributed by atoms with Crippen LogP contribution in [0, 0.1) is 6.92 Å². The van der Waals surface area contributed by atoms with Gasteiger partial charge in [-0.2, -0.15) is 0 Å². The maximum absolute atomic E-state index is 12.9. The number of primary amides is 1. The number of hydrogen-bond acceptors (Lipinski definition) is 3. The van der Waals surface area contributed by atoms with Gasteiger partial charge in [0, 0.05) is 17.5 Å². The number of nitrogens with zero attached hydrogens (tertiary/aromatic N) is 2. The fourth-order valence-corrected chi connectivity index (χ4v) is 1.95. The lowest BCUT2D eigenvalue weighted by Crippen LogP contribution is -2.32. The fourth-order valence-electron chi connectivity index (χ4n) is 1.95. The second-order valence-corrected chi connectivity index (χ2v) is 4.11. The van der Waals surface area contributed by atoms with Crippen molar-refractivity contribution < 1.29 is 13.6 Å². The number of aromatic nitrogens is 2. The van der Waals surface area contributed by atoms with Gasteiger partial charge in [-0.1, -0.05) is 6.07 Å². The first-order valence-electron chi connectivity index (χ1n) is 5.69. The van der Waals surface area contributed by atoms with Gasteiger partial charge in [0.05, 0.1) is 0 Å². The summed E-state index contributed by atoms with van der Waals surface area (Å²) in [4.78, 5) is 27.5. The Labute approximate surface area is 112 Å². The van der Waals surface area contributed by atoms with E-state index in [1.807, 2.05) is 0 Å². The van der Waals surface area contributed by atoms with Gasteiger partial charge in [-0.3, -0.25) is 14.2 Å². The summed E-state index contributed by atoms with van der Waals surface area (Å²) < 4.78 is 26.9. The average Bonchev–Trinajstić information content (AvgIpc) is 2.38. The Kier molecular flexibility index (Phi) is 3.60. The second kappa shape index (κ2) is 5.20. The van der Waals surface area contributed by atoms with Gasteiger partial charge in [0.25, 0.3) is 17.9 Å². The van der Waals surface area contributed by atoms with E-state index in [1.165, 1.54) is 19.2 Å². The second-order valence-electron chi connectivity index (χ2n) is 4.11. The third-order valence-electron chi connectivity index (χ3n) is 2.78. The van der Waals surface area contributed by atoms with Crippen LogP contribution in [0.5, 0.6) is 0 Å². The average molecular weight is 279 g/mol. The van der Waals surface area contributed by atoms with Crippen LogP contribution < -0.4 is 11.3 Å². The molecule has 1 amide bonds. The number of halogens is 2. The summed E-state index contributed by atoms with van der Waals surface area (Å²) in [5.74, 6) is -0.951. The Morgan fingerprint density at radius 3 is 2.60 bits per heavy atom. The molecule has 2 aromatic rings. The van der Waals surface area contributed by atoms with Crippen LogP contribution >= 0.6 is 0 Å². The number of nitrogens with two attached hydrogens (primary N) is 1. The largest absolute Gasteiger partial charge is 0.365 e. The van der Waals surface area contributed by atoms with Crippen LogP contribution in [0.4, 0.5) is 8.78 Å². The monoisotopic (exact) mass is 279 g/mol. The molecule has 0 aliphatic carbocycles. The normalized spacial score (nSPS) is 10.8. The molecule has 0 aliphatic heterocycles. The summed E-state index contributed by atoms with van der Waals surface area (Å²) in [7, 11) is 0. The fraction of sp³-hybridized carbons (Fsp3) is 0.154. The number of carbonyl (C=O) groups excluding carboxylic acids is 1. The Morgan fingerprint density at radius 2 is 2.10 bits per heavy atom. The van der Waals surface area contributed by atoms with E-state index in [0.29, 0.717) is 0 Å². The maximum atomic E-state index is 12.9. The number of alkyl halides is 2. The minimum atomic E-state index is -2.96. The molecule has 0 aliphatic rings. The highest BCUT2D eigenvalue weighted by Gasteiger charge is 2.23. The number of aryl methyl sites for hydroxylation is 1. The van der Waals surface area contributed by atoms with E-state index in [0.717, 1.165) is 10.6 Å².